The first-order valence-corrected chi connectivity index (χ1v) is 7.98. The molecule has 20 heavy (non-hydrogen) atoms. The summed E-state index contributed by atoms with van der Waals surface area (Å²) in [5.41, 5.74) is 8.64. The lowest BCUT2D eigenvalue weighted by Crippen LogP contribution is -2.35. The van der Waals surface area contributed by atoms with E-state index in [9.17, 15) is 4.39 Å². The maximum Gasteiger partial charge on any atom is 0.123 e. The maximum atomic E-state index is 13.1. The largest absolute Gasteiger partial charge is 0.327 e. The van der Waals surface area contributed by atoms with E-state index in [2.05, 4.69) is 13.8 Å². The van der Waals surface area contributed by atoms with E-state index in [0.717, 1.165) is 23.8 Å². The average Bonchev–Trinajstić information content (AvgIpc) is 2.42. The predicted octanol–water partition coefficient (Wildman–Crippen LogP) is 4.47. The first-order valence-electron chi connectivity index (χ1n) is 7.98. The smallest absolute Gasteiger partial charge is 0.123 e. The molecule has 0 heterocycles. The molecule has 1 aliphatic rings. The fourth-order valence-corrected chi connectivity index (χ4v) is 3.55. The van der Waals surface area contributed by atoms with Crippen LogP contribution in [0.5, 0.6) is 0 Å². The minimum atomic E-state index is -0.155. The van der Waals surface area contributed by atoms with Crippen LogP contribution in [0.15, 0.2) is 18.2 Å². The fourth-order valence-electron chi connectivity index (χ4n) is 3.55. The summed E-state index contributed by atoms with van der Waals surface area (Å²) >= 11 is 0. The zero-order valence-corrected chi connectivity index (χ0v) is 13.0. The number of benzene rings is 1. The summed E-state index contributed by atoms with van der Waals surface area (Å²) in [4.78, 5) is 0. The molecule has 0 spiro atoms. The summed E-state index contributed by atoms with van der Waals surface area (Å²) in [6, 6.07) is 5.26. The number of aryl methyl sites for hydroxylation is 1. The van der Waals surface area contributed by atoms with Gasteiger partial charge in [-0.1, -0.05) is 19.9 Å². The van der Waals surface area contributed by atoms with E-state index in [0.29, 0.717) is 5.92 Å². The Labute approximate surface area is 122 Å². The van der Waals surface area contributed by atoms with Crippen LogP contribution in [0.3, 0.4) is 0 Å². The third-order valence-corrected chi connectivity index (χ3v) is 5.13. The van der Waals surface area contributed by atoms with Crippen LogP contribution in [0.1, 0.15) is 50.7 Å². The molecule has 1 fully saturated rings. The first kappa shape index (κ1) is 15.5. The van der Waals surface area contributed by atoms with Crippen molar-refractivity contribution in [2.45, 2.75) is 58.9 Å². The first-order chi connectivity index (χ1) is 9.47. The van der Waals surface area contributed by atoms with Crippen LogP contribution in [0.25, 0.3) is 0 Å². The Morgan fingerprint density at radius 3 is 2.30 bits per heavy atom. The fraction of sp³-hybridized carbons (Fsp3) is 0.667. The second-order valence-electron chi connectivity index (χ2n) is 6.86. The van der Waals surface area contributed by atoms with Crippen molar-refractivity contribution in [2.75, 3.05) is 0 Å². The van der Waals surface area contributed by atoms with Gasteiger partial charge in [0.15, 0.2) is 0 Å². The van der Waals surface area contributed by atoms with Gasteiger partial charge in [-0.25, -0.2) is 4.39 Å². The molecule has 1 unspecified atom stereocenters. The van der Waals surface area contributed by atoms with Crippen LogP contribution in [0.2, 0.25) is 0 Å². The van der Waals surface area contributed by atoms with Crippen molar-refractivity contribution in [1.29, 1.82) is 0 Å². The molecular weight excluding hydrogens is 249 g/mol. The quantitative estimate of drug-likeness (QED) is 0.863. The molecule has 1 nitrogen and oxygen atoms in total. The predicted molar refractivity (Wildman–Crippen MR) is 83.1 cm³/mol. The van der Waals surface area contributed by atoms with Crippen molar-refractivity contribution in [3.63, 3.8) is 0 Å². The van der Waals surface area contributed by atoms with Gasteiger partial charge in [-0.15, -0.1) is 0 Å². The van der Waals surface area contributed by atoms with E-state index < -0.39 is 0 Å². The zero-order chi connectivity index (χ0) is 14.7. The second kappa shape index (κ2) is 6.71. The molecule has 1 aromatic rings. The van der Waals surface area contributed by atoms with Crippen molar-refractivity contribution >= 4 is 0 Å². The van der Waals surface area contributed by atoms with E-state index in [1.165, 1.54) is 31.2 Å². The molecule has 2 rings (SSSR count). The molecular formula is C18H28FN. The standard InChI is InChI=1S/C18H28FN/c1-12(2)14-4-6-15(7-5-14)18(20)11-16-8-9-17(19)10-13(16)3/h8-10,12,14-15,18H,4-7,11,20H2,1-3H3. The van der Waals surface area contributed by atoms with Crippen LogP contribution in [-0.2, 0) is 6.42 Å². The van der Waals surface area contributed by atoms with Crippen LogP contribution < -0.4 is 5.73 Å². The van der Waals surface area contributed by atoms with Gasteiger partial charge in [0.05, 0.1) is 0 Å². The van der Waals surface area contributed by atoms with Gasteiger partial charge in [-0.2, -0.15) is 0 Å². The normalized spacial score (nSPS) is 24.9. The second-order valence-corrected chi connectivity index (χ2v) is 6.86. The molecule has 2 heteroatoms. The van der Waals surface area contributed by atoms with Crippen molar-refractivity contribution in [1.82, 2.24) is 0 Å². The van der Waals surface area contributed by atoms with E-state index in [-0.39, 0.29) is 11.9 Å². The number of hydrogen-bond donors (Lipinski definition) is 1. The Bertz CT molecular complexity index is 433. The monoisotopic (exact) mass is 277 g/mol. The highest BCUT2D eigenvalue weighted by Gasteiger charge is 2.27. The topological polar surface area (TPSA) is 26.0 Å². The SMILES string of the molecule is Cc1cc(F)ccc1CC(N)C1CCC(C(C)C)CC1. The third kappa shape index (κ3) is 3.82. The molecule has 1 atom stereocenters. The molecule has 0 saturated heterocycles. The Morgan fingerprint density at radius 1 is 1.15 bits per heavy atom. The summed E-state index contributed by atoms with van der Waals surface area (Å²) in [6.45, 7) is 6.63. The van der Waals surface area contributed by atoms with Crippen molar-refractivity contribution < 1.29 is 4.39 Å². The number of nitrogens with two attached hydrogens (primary N) is 1. The Hall–Kier alpha value is -0.890. The minimum absolute atomic E-state index is 0.155. The zero-order valence-electron chi connectivity index (χ0n) is 13.0. The summed E-state index contributed by atoms with van der Waals surface area (Å²) in [5.74, 6) is 2.16. The van der Waals surface area contributed by atoms with Gasteiger partial charge < -0.3 is 5.73 Å². The van der Waals surface area contributed by atoms with Crippen LogP contribution in [0.4, 0.5) is 4.39 Å². The van der Waals surface area contributed by atoms with E-state index in [4.69, 9.17) is 5.73 Å². The van der Waals surface area contributed by atoms with Crippen LogP contribution in [-0.4, -0.2) is 6.04 Å². The van der Waals surface area contributed by atoms with Crippen molar-refractivity contribution in [3.05, 3.63) is 35.1 Å². The molecule has 0 aliphatic heterocycles. The molecule has 0 amide bonds. The Kier molecular flexibility index (Phi) is 5.20. The van der Waals surface area contributed by atoms with E-state index in [1.54, 1.807) is 12.1 Å². The van der Waals surface area contributed by atoms with Gasteiger partial charge in [-0.3, -0.25) is 0 Å². The van der Waals surface area contributed by atoms with Gasteiger partial charge in [0, 0.05) is 6.04 Å². The maximum absolute atomic E-state index is 13.1. The van der Waals surface area contributed by atoms with Gasteiger partial charge in [0.25, 0.3) is 0 Å². The van der Waals surface area contributed by atoms with Gasteiger partial charge in [0.1, 0.15) is 5.82 Å². The molecule has 2 N–H and O–H groups in total. The highest BCUT2D eigenvalue weighted by atomic mass is 19.1. The molecule has 112 valence electrons. The number of halogens is 1. The van der Waals surface area contributed by atoms with Crippen LogP contribution >= 0.6 is 0 Å². The summed E-state index contributed by atoms with van der Waals surface area (Å²) in [7, 11) is 0. The lowest BCUT2D eigenvalue weighted by atomic mass is 9.74. The van der Waals surface area contributed by atoms with Crippen molar-refractivity contribution in [3.8, 4) is 0 Å². The van der Waals surface area contributed by atoms with Gasteiger partial charge >= 0.3 is 0 Å². The number of hydrogen-bond acceptors (Lipinski definition) is 1. The minimum Gasteiger partial charge on any atom is -0.327 e. The van der Waals surface area contributed by atoms with Crippen molar-refractivity contribution in [2.24, 2.45) is 23.5 Å². The summed E-state index contributed by atoms with van der Waals surface area (Å²) in [5, 5.41) is 0. The number of rotatable bonds is 4. The third-order valence-electron chi connectivity index (χ3n) is 5.13. The summed E-state index contributed by atoms with van der Waals surface area (Å²) < 4.78 is 13.1. The highest BCUT2D eigenvalue weighted by Crippen LogP contribution is 2.35. The van der Waals surface area contributed by atoms with Crippen LogP contribution in [0, 0.1) is 30.5 Å². The lowest BCUT2D eigenvalue weighted by molar-refractivity contribution is 0.202. The lowest BCUT2D eigenvalue weighted by Gasteiger charge is -2.34. The molecule has 0 radical (unpaired) electrons. The van der Waals surface area contributed by atoms with Gasteiger partial charge in [0.2, 0.25) is 0 Å². The van der Waals surface area contributed by atoms with E-state index >= 15 is 0 Å². The van der Waals surface area contributed by atoms with E-state index in [1.807, 2.05) is 13.0 Å². The molecule has 1 aromatic carbocycles. The highest BCUT2D eigenvalue weighted by molar-refractivity contribution is 5.27. The van der Waals surface area contributed by atoms with Gasteiger partial charge in [-0.05, 0) is 80.0 Å². The Morgan fingerprint density at radius 2 is 1.75 bits per heavy atom. The molecule has 0 aromatic heterocycles. The Balaban J connectivity index is 1.91. The summed E-state index contributed by atoms with van der Waals surface area (Å²) in [6.07, 6.45) is 6.02. The molecule has 1 aliphatic carbocycles. The molecule has 1 saturated carbocycles. The average molecular weight is 277 g/mol. The molecule has 0 bridgehead atoms.